The summed E-state index contributed by atoms with van der Waals surface area (Å²) in [6.07, 6.45) is 3.39. The number of benzene rings is 1. The van der Waals surface area contributed by atoms with Gasteiger partial charge in [-0.25, -0.2) is 13.6 Å². The third kappa shape index (κ3) is 5.02. The lowest BCUT2D eigenvalue weighted by Crippen LogP contribution is -2.49. The molecule has 1 aromatic heterocycles. The van der Waals surface area contributed by atoms with Crippen molar-refractivity contribution in [2.45, 2.75) is 50.4 Å². The van der Waals surface area contributed by atoms with Gasteiger partial charge in [-0.3, -0.25) is 9.48 Å². The average molecular weight is 516 g/mol. The predicted octanol–water partition coefficient (Wildman–Crippen LogP) is 4.41. The smallest absolute Gasteiger partial charge is 0.409 e. The number of fused-ring (bicyclic) bond motifs is 1. The molecule has 1 aromatic carbocycles. The van der Waals surface area contributed by atoms with Gasteiger partial charge in [-0.1, -0.05) is 6.58 Å². The Bertz CT molecular complexity index is 1200. The van der Waals surface area contributed by atoms with Crippen LogP contribution in [0.1, 0.15) is 50.1 Å². The Morgan fingerprint density at radius 3 is 2.65 bits per heavy atom. The highest BCUT2D eigenvalue weighted by Crippen LogP contribution is 2.41. The van der Waals surface area contributed by atoms with Gasteiger partial charge in [0.05, 0.1) is 30.8 Å². The molecule has 8 nitrogen and oxygen atoms in total. The lowest BCUT2D eigenvalue weighted by atomic mass is 9.80. The number of halogens is 2. The Kier molecular flexibility index (Phi) is 6.85. The minimum Gasteiger partial charge on any atom is -0.453 e. The van der Waals surface area contributed by atoms with E-state index in [1.807, 2.05) is 25.2 Å². The molecular formula is C27H35F2N5O3. The summed E-state index contributed by atoms with van der Waals surface area (Å²) in [5.74, 6) is -3.71. The fraction of sp³-hybridized carbons (Fsp3) is 0.593. The van der Waals surface area contributed by atoms with Crippen LogP contribution in [-0.2, 0) is 16.6 Å². The summed E-state index contributed by atoms with van der Waals surface area (Å²) in [5, 5.41) is 8.32. The first-order valence-electron chi connectivity index (χ1n) is 13.1. The topological polar surface area (TPSA) is 79.7 Å². The van der Waals surface area contributed by atoms with Crippen molar-refractivity contribution in [2.24, 2.45) is 18.9 Å². The second kappa shape index (κ2) is 9.95. The number of methoxy groups -OCH3 is 1. The van der Waals surface area contributed by atoms with E-state index in [9.17, 15) is 9.59 Å². The van der Waals surface area contributed by atoms with Crippen molar-refractivity contribution in [3.63, 3.8) is 0 Å². The van der Waals surface area contributed by atoms with Gasteiger partial charge in [0.2, 0.25) is 5.91 Å². The van der Waals surface area contributed by atoms with Crippen molar-refractivity contribution in [1.82, 2.24) is 20.0 Å². The van der Waals surface area contributed by atoms with Gasteiger partial charge in [0.1, 0.15) is 0 Å². The fourth-order valence-electron chi connectivity index (χ4n) is 6.14. The number of allylic oxidation sites excluding steroid dienone is 1. The van der Waals surface area contributed by atoms with E-state index in [2.05, 4.69) is 17.0 Å². The predicted molar refractivity (Wildman–Crippen MR) is 137 cm³/mol. The summed E-state index contributed by atoms with van der Waals surface area (Å²) in [6, 6.07) is 5.68. The molecule has 2 unspecified atom stereocenters. The molecule has 37 heavy (non-hydrogen) atoms. The number of ether oxygens (including phenoxy) is 1. The number of nitrogens with zero attached hydrogens (tertiary/aromatic N) is 4. The van der Waals surface area contributed by atoms with E-state index in [4.69, 9.17) is 4.74 Å². The molecule has 0 aliphatic carbocycles. The molecule has 200 valence electrons. The van der Waals surface area contributed by atoms with E-state index in [-0.39, 0.29) is 30.4 Å². The summed E-state index contributed by atoms with van der Waals surface area (Å²) in [5.41, 5.74) is 3.01. The highest BCUT2D eigenvalue weighted by Gasteiger charge is 2.45. The Balaban J connectivity index is 1.26. The normalized spacial score (nSPS) is 24.9. The molecule has 3 aliphatic rings. The molecule has 1 N–H and O–H groups in total. The zero-order valence-corrected chi connectivity index (χ0v) is 21.5. The number of aryl methyl sites for hydroxylation is 1. The highest BCUT2D eigenvalue weighted by molar-refractivity contribution is 5.93. The van der Waals surface area contributed by atoms with Crippen molar-refractivity contribution in [3.8, 4) is 0 Å². The molecule has 0 saturated carbocycles. The summed E-state index contributed by atoms with van der Waals surface area (Å²) in [6.45, 7) is 5.21. The monoisotopic (exact) mass is 515 g/mol. The van der Waals surface area contributed by atoms with Crippen molar-refractivity contribution < 1.29 is 23.1 Å². The summed E-state index contributed by atoms with van der Waals surface area (Å²) >= 11 is 0. The molecule has 3 saturated heterocycles. The number of aromatic nitrogens is 2. The summed E-state index contributed by atoms with van der Waals surface area (Å²) in [7, 11) is 3.18. The lowest BCUT2D eigenvalue weighted by molar-refractivity contribution is -0.122. The third-order valence-corrected chi connectivity index (χ3v) is 8.32. The second-order valence-corrected chi connectivity index (χ2v) is 10.7. The van der Waals surface area contributed by atoms with E-state index in [0.717, 1.165) is 40.8 Å². The van der Waals surface area contributed by atoms with Crippen molar-refractivity contribution >= 4 is 28.6 Å². The van der Waals surface area contributed by atoms with Crippen molar-refractivity contribution in [3.05, 3.63) is 36.2 Å². The number of likely N-dealkylation sites (tertiary alicyclic amines) is 1. The molecule has 2 amide bonds. The standard InChI is InChI=1S/C27H35F2N5O3/c1-17-4-6-22(25(35)30-17)24-21-7-5-20(15-23(21)32(2)31-24)34-13-10-19(27(28,29)16-34)14-18-8-11-33(12-9-18)26(36)37-3/h5,7,15,18-19,22H,1,4,6,8-14,16H2,2-3H3,(H,30,35). The van der Waals surface area contributed by atoms with Gasteiger partial charge in [-0.05, 0) is 62.6 Å². The Hall–Kier alpha value is -3.17. The number of carbonyl (C=O) groups is 2. The van der Waals surface area contributed by atoms with E-state index in [1.54, 1.807) is 14.5 Å². The highest BCUT2D eigenvalue weighted by atomic mass is 19.3. The van der Waals surface area contributed by atoms with Crippen molar-refractivity contribution in [1.29, 1.82) is 0 Å². The van der Waals surface area contributed by atoms with Crippen LogP contribution in [-0.4, -0.2) is 65.9 Å². The molecule has 0 bridgehead atoms. The molecule has 0 radical (unpaired) electrons. The minimum absolute atomic E-state index is 0.0991. The molecule has 4 heterocycles. The number of hydrogen-bond acceptors (Lipinski definition) is 5. The fourth-order valence-corrected chi connectivity index (χ4v) is 6.14. The molecule has 3 aliphatic heterocycles. The van der Waals surface area contributed by atoms with Crippen LogP contribution in [0, 0.1) is 11.8 Å². The van der Waals surface area contributed by atoms with Crippen LogP contribution < -0.4 is 10.2 Å². The molecular weight excluding hydrogens is 480 g/mol. The van der Waals surface area contributed by atoms with Crippen LogP contribution >= 0.6 is 0 Å². The molecule has 2 aromatic rings. The quantitative estimate of drug-likeness (QED) is 0.653. The average Bonchev–Trinajstić information content (AvgIpc) is 3.20. The number of nitrogens with one attached hydrogen (secondary N) is 1. The number of carbonyl (C=O) groups excluding carboxylic acids is 2. The first-order chi connectivity index (χ1) is 17.7. The maximum atomic E-state index is 15.3. The third-order valence-electron chi connectivity index (χ3n) is 8.32. The Labute approximate surface area is 215 Å². The van der Waals surface area contributed by atoms with Gasteiger partial charge in [0.25, 0.3) is 5.92 Å². The Morgan fingerprint density at radius 2 is 1.97 bits per heavy atom. The first kappa shape index (κ1) is 25.5. The van der Waals surface area contributed by atoms with Crippen LogP contribution in [0.3, 0.4) is 0 Å². The molecule has 0 spiro atoms. The largest absolute Gasteiger partial charge is 0.453 e. The van der Waals surface area contributed by atoms with E-state index < -0.39 is 11.8 Å². The van der Waals surface area contributed by atoms with Gasteiger partial charge < -0.3 is 19.9 Å². The summed E-state index contributed by atoms with van der Waals surface area (Å²) < 4.78 is 37.2. The van der Waals surface area contributed by atoms with Gasteiger partial charge in [-0.15, -0.1) is 0 Å². The number of rotatable bonds is 4. The van der Waals surface area contributed by atoms with Gasteiger partial charge >= 0.3 is 6.09 Å². The molecule has 10 heteroatoms. The van der Waals surface area contributed by atoms with Crippen LogP contribution in [0.2, 0.25) is 0 Å². The van der Waals surface area contributed by atoms with Gasteiger partial charge in [0.15, 0.2) is 0 Å². The zero-order valence-electron chi connectivity index (χ0n) is 21.5. The second-order valence-electron chi connectivity index (χ2n) is 10.7. The van der Waals surface area contributed by atoms with Crippen LogP contribution in [0.5, 0.6) is 0 Å². The van der Waals surface area contributed by atoms with E-state index >= 15 is 8.78 Å². The minimum atomic E-state index is -2.80. The number of piperidine rings is 3. The molecule has 2 atom stereocenters. The molecule has 5 rings (SSSR count). The van der Waals surface area contributed by atoms with Crippen LogP contribution in [0.15, 0.2) is 30.5 Å². The Morgan fingerprint density at radius 1 is 1.22 bits per heavy atom. The number of alkyl halides is 2. The number of hydrogen-bond donors (Lipinski definition) is 1. The maximum absolute atomic E-state index is 15.3. The number of amides is 2. The number of anilines is 1. The maximum Gasteiger partial charge on any atom is 0.409 e. The van der Waals surface area contributed by atoms with E-state index in [0.29, 0.717) is 45.3 Å². The molecule has 3 fully saturated rings. The van der Waals surface area contributed by atoms with Gasteiger partial charge in [-0.2, -0.15) is 5.10 Å². The van der Waals surface area contributed by atoms with Crippen LogP contribution in [0.25, 0.3) is 10.9 Å². The zero-order chi connectivity index (χ0) is 26.3. The lowest BCUT2D eigenvalue weighted by Gasteiger charge is -2.41. The summed E-state index contributed by atoms with van der Waals surface area (Å²) in [4.78, 5) is 27.7. The van der Waals surface area contributed by atoms with Gasteiger partial charge in [0, 0.05) is 49.4 Å². The first-order valence-corrected chi connectivity index (χ1v) is 13.1. The van der Waals surface area contributed by atoms with Crippen molar-refractivity contribution in [2.75, 3.05) is 38.2 Å². The van der Waals surface area contributed by atoms with E-state index in [1.165, 1.54) is 7.11 Å². The SMILES string of the molecule is C=C1CCC(c2nn(C)c3cc(N4CCC(CC5CCN(C(=O)OC)CC5)C(F)(F)C4)ccc23)C(=O)N1. The van der Waals surface area contributed by atoms with Crippen LogP contribution in [0.4, 0.5) is 19.3 Å².